The van der Waals surface area contributed by atoms with Gasteiger partial charge in [-0.1, -0.05) is 92.8 Å². The molecular formula is C24H14Cl8N2O2. The monoisotopic (exact) mass is 642 g/mol. The third kappa shape index (κ3) is 4.91. The van der Waals surface area contributed by atoms with Crippen molar-refractivity contribution in [2.24, 2.45) is 0 Å². The normalized spacial score (nSPS) is 20.1. The highest BCUT2D eigenvalue weighted by molar-refractivity contribution is 6.53. The molecule has 36 heavy (non-hydrogen) atoms. The first kappa shape index (κ1) is 27.7. The highest BCUT2D eigenvalue weighted by atomic mass is 35.5. The third-order valence-corrected chi connectivity index (χ3v) is 8.99. The Morgan fingerprint density at radius 3 is 1.72 bits per heavy atom. The van der Waals surface area contributed by atoms with Crippen molar-refractivity contribution in [3.05, 3.63) is 100 Å². The largest absolute Gasteiger partial charge is 0.480 e. The molecule has 0 aliphatic heterocycles. The molecule has 3 aromatic carbocycles. The third-order valence-electron chi connectivity index (χ3n) is 5.32. The lowest BCUT2D eigenvalue weighted by Crippen LogP contribution is -2.51. The van der Waals surface area contributed by atoms with E-state index in [0.29, 0.717) is 22.9 Å². The molecule has 0 radical (unpaired) electrons. The van der Waals surface area contributed by atoms with E-state index in [-0.39, 0.29) is 45.8 Å². The van der Waals surface area contributed by atoms with Gasteiger partial charge in [-0.2, -0.15) is 0 Å². The number of hydrogen-bond donors (Lipinski definition) is 2. The maximum absolute atomic E-state index is 6.91. The molecule has 0 saturated heterocycles. The SMILES string of the molecule is Nc1ccc(OC2C(Cl)=C(Cl)C(Cl)=C(Cl)C2(Oc2ccc(N)cc2)c2cc(Cl)c(Cl)c(Cl)c2Cl)cc1. The minimum Gasteiger partial charge on any atom is -0.480 e. The number of rotatable bonds is 5. The fourth-order valence-corrected chi connectivity index (χ4v) is 5.67. The Labute approximate surface area is 247 Å². The second kappa shape index (κ2) is 10.8. The van der Waals surface area contributed by atoms with Crippen LogP contribution in [-0.4, -0.2) is 6.10 Å². The summed E-state index contributed by atoms with van der Waals surface area (Å²) in [6, 6.07) is 14.5. The topological polar surface area (TPSA) is 70.5 Å². The predicted molar refractivity (Wildman–Crippen MR) is 152 cm³/mol. The van der Waals surface area contributed by atoms with Gasteiger partial charge in [0.05, 0.1) is 40.2 Å². The summed E-state index contributed by atoms with van der Waals surface area (Å²) in [5.41, 5.74) is 11.0. The molecular weight excluding hydrogens is 632 g/mol. The molecule has 0 amide bonds. The minimum atomic E-state index is -1.83. The quantitative estimate of drug-likeness (QED) is 0.165. The van der Waals surface area contributed by atoms with Crippen molar-refractivity contribution in [2.45, 2.75) is 11.7 Å². The smallest absolute Gasteiger partial charge is 0.214 e. The van der Waals surface area contributed by atoms with Gasteiger partial charge in [0.2, 0.25) is 5.60 Å². The van der Waals surface area contributed by atoms with E-state index in [1.807, 2.05) is 0 Å². The van der Waals surface area contributed by atoms with Crippen molar-refractivity contribution in [1.82, 2.24) is 0 Å². The fourth-order valence-electron chi connectivity index (χ4n) is 3.57. The highest BCUT2D eigenvalue weighted by Crippen LogP contribution is 2.56. The number of anilines is 2. The second-order valence-corrected chi connectivity index (χ2v) is 10.7. The van der Waals surface area contributed by atoms with Crippen LogP contribution in [0.5, 0.6) is 11.5 Å². The number of benzene rings is 3. The van der Waals surface area contributed by atoms with Gasteiger partial charge in [0, 0.05) is 16.9 Å². The summed E-state index contributed by atoms with van der Waals surface area (Å²) in [6.45, 7) is 0. The Hall–Kier alpha value is -1.34. The van der Waals surface area contributed by atoms with E-state index in [0.717, 1.165) is 0 Å². The van der Waals surface area contributed by atoms with Gasteiger partial charge in [0.25, 0.3) is 0 Å². The molecule has 188 valence electrons. The van der Waals surface area contributed by atoms with Gasteiger partial charge in [-0.25, -0.2) is 0 Å². The van der Waals surface area contributed by atoms with Crippen LogP contribution in [0.3, 0.4) is 0 Å². The summed E-state index contributed by atoms with van der Waals surface area (Å²) in [5, 5.41) is -0.180. The lowest BCUT2D eigenvalue weighted by atomic mass is 9.83. The molecule has 12 heteroatoms. The number of nitrogens with two attached hydrogens (primary N) is 2. The van der Waals surface area contributed by atoms with Crippen molar-refractivity contribution >= 4 is 104 Å². The maximum atomic E-state index is 6.91. The summed E-state index contributed by atoms with van der Waals surface area (Å²) in [6.07, 6.45) is -1.23. The van der Waals surface area contributed by atoms with Crippen LogP contribution in [0.4, 0.5) is 11.4 Å². The number of hydrogen-bond acceptors (Lipinski definition) is 4. The molecule has 2 atom stereocenters. The predicted octanol–water partition coefficient (Wildman–Crippen LogP) is 9.58. The van der Waals surface area contributed by atoms with Crippen molar-refractivity contribution in [2.75, 3.05) is 11.5 Å². The molecule has 0 heterocycles. The molecule has 1 aliphatic carbocycles. The molecule has 0 fully saturated rings. The van der Waals surface area contributed by atoms with E-state index >= 15 is 0 Å². The Balaban J connectivity index is 2.05. The Bertz CT molecular complexity index is 1390. The summed E-state index contributed by atoms with van der Waals surface area (Å²) in [4.78, 5) is 0. The first-order valence-electron chi connectivity index (χ1n) is 9.98. The fraction of sp³-hybridized carbons (Fsp3) is 0.0833. The van der Waals surface area contributed by atoms with Gasteiger partial charge in [-0.15, -0.1) is 0 Å². The standard InChI is InChI=1S/C24H14Cl8N2O2/c25-15-9-14(16(26)18(28)17(15)27)24(36-13-7-3-11(34)4-8-13)22(32)20(30)19(29)21(31)23(24)35-12-5-1-10(33)2-6-12/h1-9,23H,33-34H2. The van der Waals surface area contributed by atoms with Gasteiger partial charge < -0.3 is 20.9 Å². The van der Waals surface area contributed by atoms with E-state index in [2.05, 4.69) is 0 Å². The number of halogens is 8. The lowest BCUT2D eigenvalue weighted by Gasteiger charge is -2.43. The zero-order chi connectivity index (χ0) is 26.4. The van der Waals surface area contributed by atoms with Crippen LogP contribution < -0.4 is 20.9 Å². The second-order valence-electron chi connectivity index (χ2n) is 7.61. The van der Waals surface area contributed by atoms with Crippen LogP contribution in [-0.2, 0) is 5.60 Å². The first-order valence-corrected chi connectivity index (χ1v) is 13.0. The maximum Gasteiger partial charge on any atom is 0.214 e. The van der Waals surface area contributed by atoms with Gasteiger partial charge in [0.15, 0.2) is 6.10 Å². The summed E-state index contributed by atoms with van der Waals surface area (Å²) in [7, 11) is 0. The van der Waals surface area contributed by atoms with Crippen LogP contribution in [0.15, 0.2) is 74.7 Å². The van der Waals surface area contributed by atoms with Crippen molar-refractivity contribution in [3.63, 3.8) is 0 Å². The number of allylic oxidation sites excluding steroid dienone is 2. The van der Waals surface area contributed by atoms with E-state index in [1.54, 1.807) is 48.5 Å². The molecule has 4 rings (SSSR count). The van der Waals surface area contributed by atoms with Gasteiger partial charge in [-0.05, 0) is 54.6 Å². The van der Waals surface area contributed by atoms with Crippen LogP contribution in [0.1, 0.15) is 5.56 Å². The molecule has 0 spiro atoms. The summed E-state index contributed by atoms with van der Waals surface area (Å²) < 4.78 is 12.8. The van der Waals surface area contributed by atoms with Crippen molar-refractivity contribution in [1.29, 1.82) is 0 Å². The van der Waals surface area contributed by atoms with Crippen molar-refractivity contribution in [3.8, 4) is 11.5 Å². The average Bonchev–Trinajstić information content (AvgIpc) is 2.87. The van der Waals surface area contributed by atoms with E-state index in [9.17, 15) is 0 Å². The molecule has 0 aromatic heterocycles. The van der Waals surface area contributed by atoms with Crippen LogP contribution in [0.2, 0.25) is 20.1 Å². The number of ether oxygens (including phenoxy) is 2. The highest BCUT2D eigenvalue weighted by Gasteiger charge is 2.56. The lowest BCUT2D eigenvalue weighted by molar-refractivity contribution is 0.00890. The van der Waals surface area contributed by atoms with Crippen LogP contribution in [0, 0.1) is 0 Å². The number of nitrogen functional groups attached to an aromatic ring is 2. The van der Waals surface area contributed by atoms with E-state index in [4.69, 9.17) is 114 Å². The van der Waals surface area contributed by atoms with E-state index in [1.165, 1.54) is 6.07 Å². The summed E-state index contributed by atoms with van der Waals surface area (Å²) in [5.74, 6) is 0.686. The molecule has 1 aliphatic rings. The molecule has 2 unspecified atom stereocenters. The molecule has 3 aromatic rings. The molecule has 0 saturated carbocycles. The van der Waals surface area contributed by atoms with Gasteiger partial charge in [0.1, 0.15) is 11.5 Å². The Kier molecular flexibility index (Phi) is 8.31. The molecule has 4 nitrogen and oxygen atoms in total. The zero-order valence-electron chi connectivity index (χ0n) is 17.8. The summed E-state index contributed by atoms with van der Waals surface area (Å²) >= 11 is 52.5. The Morgan fingerprint density at radius 1 is 0.639 bits per heavy atom. The van der Waals surface area contributed by atoms with Crippen LogP contribution >= 0.6 is 92.8 Å². The average molecular weight is 646 g/mol. The van der Waals surface area contributed by atoms with Crippen molar-refractivity contribution < 1.29 is 9.47 Å². The minimum absolute atomic E-state index is 0.0162. The zero-order valence-corrected chi connectivity index (χ0v) is 23.8. The Morgan fingerprint density at radius 2 is 1.17 bits per heavy atom. The van der Waals surface area contributed by atoms with Gasteiger partial charge in [-0.3, -0.25) is 0 Å². The molecule has 0 bridgehead atoms. The first-order chi connectivity index (χ1) is 17.0. The van der Waals surface area contributed by atoms with Gasteiger partial charge >= 0.3 is 0 Å². The molecule has 4 N–H and O–H groups in total. The van der Waals surface area contributed by atoms with Crippen LogP contribution in [0.25, 0.3) is 0 Å². The van der Waals surface area contributed by atoms with E-state index < -0.39 is 11.7 Å².